The highest BCUT2D eigenvalue weighted by molar-refractivity contribution is 6.02. The Morgan fingerprint density at radius 2 is 1.58 bits per heavy atom. The summed E-state index contributed by atoms with van der Waals surface area (Å²) in [7, 11) is 4.66. The van der Waals surface area contributed by atoms with Gasteiger partial charge in [-0.15, -0.1) is 0 Å². The summed E-state index contributed by atoms with van der Waals surface area (Å²) in [5, 5.41) is 2.79. The maximum atomic E-state index is 12.1. The summed E-state index contributed by atoms with van der Waals surface area (Å²) in [4.78, 5) is 12.1. The van der Waals surface area contributed by atoms with Crippen molar-refractivity contribution in [3.05, 3.63) is 48.0 Å². The van der Waals surface area contributed by atoms with Crippen molar-refractivity contribution in [1.29, 1.82) is 0 Å². The molecule has 0 saturated heterocycles. The summed E-state index contributed by atoms with van der Waals surface area (Å²) in [6.45, 7) is 2.52. The molecule has 0 aromatic heterocycles. The zero-order chi connectivity index (χ0) is 18.9. The molecule has 2 aromatic carbocycles. The number of nitrogens with one attached hydrogen (secondary N) is 1. The van der Waals surface area contributed by atoms with Crippen molar-refractivity contribution in [3.63, 3.8) is 0 Å². The van der Waals surface area contributed by atoms with Gasteiger partial charge in [0.05, 0.1) is 27.9 Å². The number of amides is 1. The Bertz CT molecular complexity index is 769. The first-order valence-corrected chi connectivity index (χ1v) is 8.13. The molecule has 0 aliphatic carbocycles. The standard InChI is InChI=1S/C20H23NO5/c1-5-26-16-9-7-15(8-10-16)21-20(22)11-6-14-12-18(24-3)19(25-4)13-17(14)23-2/h6-13H,5H2,1-4H3,(H,21,22)/b11-6+. The van der Waals surface area contributed by atoms with E-state index in [1.807, 2.05) is 6.92 Å². The number of methoxy groups -OCH3 is 3. The average molecular weight is 357 g/mol. The Balaban J connectivity index is 2.11. The molecule has 0 aliphatic rings. The lowest BCUT2D eigenvalue weighted by Crippen LogP contribution is -2.07. The van der Waals surface area contributed by atoms with Gasteiger partial charge in [-0.25, -0.2) is 0 Å². The second-order valence-corrected chi connectivity index (χ2v) is 5.23. The molecular weight excluding hydrogens is 334 g/mol. The molecule has 2 aromatic rings. The Hall–Kier alpha value is -3.15. The second kappa shape index (κ2) is 9.36. The molecule has 0 spiro atoms. The highest BCUT2D eigenvalue weighted by Gasteiger charge is 2.10. The summed E-state index contributed by atoms with van der Waals surface area (Å²) in [5.41, 5.74) is 1.38. The fourth-order valence-corrected chi connectivity index (χ4v) is 2.33. The van der Waals surface area contributed by atoms with Crippen LogP contribution in [0, 0.1) is 0 Å². The van der Waals surface area contributed by atoms with Crippen LogP contribution >= 0.6 is 0 Å². The third-order valence-corrected chi connectivity index (χ3v) is 3.58. The summed E-state index contributed by atoms with van der Waals surface area (Å²) >= 11 is 0. The van der Waals surface area contributed by atoms with Gasteiger partial charge in [0.25, 0.3) is 0 Å². The van der Waals surface area contributed by atoms with Gasteiger partial charge in [0.15, 0.2) is 11.5 Å². The van der Waals surface area contributed by atoms with Crippen LogP contribution in [-0.4, -0.2) is 33.8 Å². The van der Waals surface area contributed by atoms with Crippen LogP contribution in [0.3, 0.4) is 0 Å². The van der Waals surface area contributed by atoms with E-state index in [1.54, 1.807) is 63.8 Å². The van der Waals surface area contributed by atoms with Crippen molar-refractivity contribution in [3.8, 4) is 23.0 Å². The van der Waals surface area contributed by atoms with Gasteiger partial charge >= 0.3 is 0 Å². The highest BCUT2D eigenvalue weighted by Crippen LogP contribution is 2.35. The van der Waals surface area contributed by atoms with E-state index >= 15 is 0 Å². The zero-order valence-corrected chi connectivity index (χ0v) is 15.4. The van der Waals surface area contributed by atoms with Crippen molar-refractivity contribution in [2.75, 3.05) is 33.3 Å². The van der Waals surface area contributed by atoms with Crippen LogP contribution in [-0.2, 0) is 4.79 Å². The minimum Gasteiger partial charge on any atom is -0.496 e. The molecule has 6 heteroatoms. The number of anilines is 1. The largest absolute Gasteiger partial charge is 0.496 e. The average Bonchev–Trinajstić information content (AvgIpc) is 2.67. The van der Waals surface area contributed by atoms with E-state index in [-0.39, 0.29) is 5.91 Å². The maximum absolute atomic E-state index is 12.1. The van der Waals surface area contributed by atoms with Crippen LogP contribution in [0.5, 0.6) is 23.0 Å². The molecule has 0 fully saturated rings. The molecule has 0 aliphatic heterocycles. The van der Waals surface area contributed by atoms with E-state index in [0.717, 1.165) is 5.75 Å². The lowest BCUT2D eigenvalue weighted by Gasteiger charge is -2.12. The van der Waals surface area contributed by atoms with Gasteiger partial charge in [0.2, 0.25) is 5.91 Å². The fraction of sp³-hybridized carbons (Fsp3) is 0.250. The number of ether oxygens (including phenoxy) is 4. The Morgan fingerprint density at radius 1 is 0.962 bits per heavy atom. The van der Waals surface area contributed by atoms with Crippen LogP contribution in [0.25, 0.3) is 6.08 Å². The van der Waals surface area contributed by atoms with E-state index in [0.29, 0.717) is 35.1 Å². The second-order valence-electron chi connectivity index (χ2n) is 5.23. The SMILES string of the molecule is CCOc1ccc(NC(=O)/C=C/c2cc(OC)c(OC)cc2OC)cc1. The Kier molecular flexibility index (Phi) is 6.91. The number of hydrogen-bond donors (Lipinski definition) is 1. The van der Waals surface area contributed by atoms with Gasteiger partial charge in [-0.3, -0.25) is 4.79 Å². The lowest BCUT2D eigenvalue weighted by atomic mass is 10.1. The molecule has 0 heterocycles. The molecule has 138 valence electrons. The smallest absolute Gasteiger partial charge is 0.248 e. The molecule has 6 nitrogen and oxygen atoms in total. The summed E-state index contributed by atoms with van der Waals surface area (Å²) in [5.74, 6) is 2.19. The predicted molar refractivity (Wildman–Crippen MR) is 101 cm³/mol. The molecule has 1 amide bonds. The van der Waals surface area contributed by atoms with Gasteiger partial charge in [-0.2, -0.15) is 0 Å². The molecule has 0 radical (unpaired) electrons. The van der Waals surface area contributed by atoms with Gasteiger partial charge < -0.3 is 24.3 Å². The molecule has 26 heavy (non-hydrogen) atoms. The van der Waals surface area contributed by atoms with Crippen molar-refractivity contribution >= 4 is 17.7 Å². The van der Waals surface area contributed by atoms with E-state index in [1.165, 1.54) is 6.08 Å². The number of carbonyl (C=O) groups is 1. The highest BCUT2D eigenvalue weighted by atomic mass is 16.5. The fourth-order valence-electron chi connectivity index (χ4n) is 2.33. The molecule has 0 bridgehead atoms. The van der Waals surface area contributed by atoms with E-state index in [9.17, 15) is 4.79 Å². The van der Waals surface area contributed by atoms with Crippen LogP contribution in [0.1, 0.15) is 12.5 Å². The van der Waals surface area contributed by atoms with Crippen LogP contribution in [0.2, 0.25) is 0 Å². The van der Waals surface area contributed by atoms with Crippen molar-refractivity contribution in [2.24, 2.45) is 0 Å². The van der Waals surface area contributed by atoms with E-state index < -0.39 is 0 Å². The minimum atomic E-state index is -0.258. The summed E-state index contributed by atoms with van der Waals surface area (Å²) in [6.07, 6.45) is 3.09. The van der Waals surface area contributed by atoms with Crippen LogP contribution < -0.4 is 24.3 Å². The Morgan fingerprint density at radius 3 is 2.15 bits per heavy atom. The molecule has 0 unspecified atom stereocenters. The molecule has 2 rings (SSSR count). The molecule has 0 atom stereocenters. The van der Waals surface area contributed by atoms with E-state index in [4.69, 9.17) is 18.9 Å². The molecule has 0 saturated carbocycles. The minimum absolute atomic E-state index is 0.258. The summed E-state index contributed by atoms with van der Waals surface area (Å²) < 4.78 is 21.2. The first-order chi connectivity index (χ1) is 12.6. The van der Waals surface area contributed by atoms with Crippen molar-refractivity contribution in [1.82, 2.24) is 0 Å². The third kappa shape index (κ3) is 4.92. The normalized spacial score (nSPS) is 10.5. The van der Waals surface area contributed by atoms with Gasteiger partial charge in [-0.1, -0.05) is 0 Å². The number of benzene rings is 2. The lowest BCUT2D eigenvalue weighted by molar-refractivity contribution is -0.111. The summed E-state index contributed by atoms with van der Waals surface area (Å²) in [6, 6.07) is 10.6. The first-order valence-electron chi connectivity index (χ1n) is 8.13. The Labute approximate surface area is 153 Å². The monoisotopic (exact) mass is 357 g/mol. The van der Waals surface area contributed by atoms with E-state index in [2.05, 4.69) is 5.32 Å². The number of rotatable bonds is 8. The van der Waals surface area contributed by atoms with Gasteiger partial charge in [0.1, 0.15) is 11.5 Å². The maximum Gasteiger partial charge on any atom is 0.248 e. The van der Waals surface area contributed by atoms with Crippen LogP contribution in [0.15, 0.2) is 42.5 Å². The zero-order valence-electron chi connectivity index (χ0n) is 15.4. The molecule has 1 N–H and O–H groups in total. The van der Waals surface area contributed by atoms with Gasteiger partial charge in [0, 0.05) is 23.4 Å². The van der Waals surface area contributed by atoms with Crippen molar-refractivity contribution in [2.45, 2.75) is 6.92 Å². The third-order valence-electron chi connectivity index (χ3n) is 3.58. The molecular formula is C20H23NO5. The van der Waals surface area contributed by atoms with Gasteiger partial charge in [-0.05, 0) is 43.3 Å². The first kappa shape index (κ1) is 19.2. The number of carbonyl (C=O) groups excluding carboxylic acids is 1. The van der Waals surface area contributed by atoms with Crippen LogP contribution in [0.4, 0.5) is 5.69 Å². The number of hydrogen-bond acceptors (Lipinski definition) is 5. The van der Waals surface area contributed by atoms with Crippen molar-refractivity contribution < 1.29 is 23.7 Å². The topological polar surface area (TPSA) is 66.0 Å². The quantitative estimate of drug-likeness (QED) is 0.729. The predicted octanol–water partition coefficient (Wildman–Crippen LogP) is 3.76.